The Morgan fingerprint density at radius 1 is 1.26 bits per heavy atom. The number of rotatable bonds is 9. The van der Waals surface area contributed by atoms with Crippen molar-refractivity contribution in [1.82, 2.24) is 4.90 Å². The van der Waals surface area contributed by atoms with E-state index in [1.165, 1.54) is 16.7 Å². The van der Waals surface area contributed by atoms with Gasteiger partial charge in [0.15, 0.2) is 0 Å². The van der Waals surface area contributed by atoms with Crippen molar-refractivity contribution in [3.63, 3.8) is 0 Å². The number of esters is 1. The zero-order valence-corrected chi connectivity index (χ0v) is 22.1. The maximum absolute atomic E-state index is 13.3. The molecule has 186 valence electrons. The van der Waals surface area contributed by atoms with Gasteiger partial charge in [-0.2, -0.15) is 0 Å². The molecule has 0 spiro atoms. The molecule has 9 heteroatoms. The summed E-state index contributed by atoms with van der Waals surface area (Å²) in [4.78, 5) is 29.1. The third kappa shape index (κ3) is 6.39. The number of carbonyl (C=O) groups excluding carboxylic acids is 2. The van der Waals surface area contributed by atoms with Crippen molar-refractivity contribution in [1.29, 1.82) is 0 Å². The van der Waals surface area contributed by atoms with Gasteiger partial charge in [0.25, 0.3) is 5.91 Å². The zero-order valence-electron chi connectivity index (χ0n) is 19.6. The van der Waals surface area contributed by atoms with E-state index in [2.05, 4.69) is 12.1 Å². The third-order valence-electron chi connectivity index (χ3n) is 6.24. The zero-order chi connectivity index (χ0) is 24.8. The van der Waals surface area contributed by atoms with Crippen molar-refractivity contribution in [2.45, 2.75) is 49.5 Å². The van der Waals surface area contributed by atoms with Crippen LogP contribution in [0, 0.1) is 5.92 Å². The first-order chi connectivity index (χ1) is 17.0. The number of aliphatic hydroxyl groups is 1. The van der Waals surface area contributed by atoms with Crippen LogP contribution in [0.5, 0.6) is 0 Å². The second kappa shape index (κ2) is 12.3. The van der Waals surface area contributed by atoms with E-state index in [4.69, 9.17) is 26.5 Å². The Balaban J connectivity index is 1.40. The minimum Gasteiger partial charge on any atom is -0.465 e. The summed E-state index contributed by atoms with van der Waals surface area (Å²) in [5.74, 6) is 0.752. The molecule has 1 saturated carbocycles. The summed E-state index contributed by atoms with van der Waals surface area (Å²) < 4.78 is 11.9. The summed E-state index contributed by atoms with van der Waals surface area (Å²) in [6.07, 6.45) is 8.01. The molecular formula is C26H29NO5S3. The average molecular weight is 532 g/mol. The maximum atomic E-state index is 13.3. The summed E-state index contributed by atoms with van der Waals surface area (Å²) in [5, 5.41) is 8.87. The van der Waals surface area contributed by atoms with Crippen LogP contribution >= 0.6 is 35.7 Å². The van der Waals surface area contributed by atoms with Gasteiger partial charge in [-0.3, -0.25) is 14.5 Å². The monoisotopic (exact) mass is 531 g/mol. The Hall–Kier alpha value is -2.07. The van der Waals surface area contributed by atoms with Gasteiger partial charge >= 0.3 is 5.97 Å². The largest absolute Gasteiger partial charge is 0.465 e. The summed E-state index contributed by atoms with van der Waals surface area (Å²) in [5.41, 5.74) is 0.978. The molecule has 2 fully saturated rings. The van der Waals surface area contributed by atoms with E-state index in [-0.39, 0.29) is 30.4 Å². The molecule has 1 N–H and O–H groups in total. The fourth-order valence-corrected chi connectivity index (χ4v) is 6.17. The molecule has 0 bridgehead atoms. The minimum absolute atomic E-state index is 0.0930. The molecule has 0 radical (unpaired) electrons. The number of hydrogen-bond acceptors (Lipinski definition) is 8. The minimum atomic E-state index is -0.235. The molecule has 2 unspecified atom stereocenters. The number of ether oxygens (including phenoxy) is 1. The molecule has 2 aliphatic rings. The fourth-order valence-electron chi connectivity index (χ4n) is 4.38. The molecule has 2 heterocycles. The number of nitrogens with zero attached hydrogens (tertiary/aromatic N) is 1. The molecule has 1 aliphatic carbocycles. The van der Waals surface area contributed by atoms with E-state index >= 15 is 0 Å². The van der Waals surface area contributed by atoms with Crippen molar-refractivity contribution in [2.24, 2.45) is 5.92 Å². The first-order valence-corrected chi connectivity index (χ1v) is 14.2. The lowest BCUT2D eigenvalue weighted by molar-refractivity contribution is -0.151. The topological polar surface area (TPSA) is 80.0 Å². The van der Waals surface area contributed by atoms with Crippen LogP contribution in [0.15, 0.2) is 50.6 Å². The Bertz CT molecular complexity index is 1090. The van der Waals surface area contributed by atoms with Gasteiger partial charge in [0, 0.05) is 29.2 Å². The van der Waals surface area contributed by atoms with Crippen molar-refractivity contribution in [3.8, 4) is 11.3 Å². The highest BCUT2D eigenvalue weighted by atomic mass is 32.2. The Morgan fingerprint density at radius 2 is 2.06 bits per heavy atom. The number of hydrogen-bond donors (Lipinski definition) is 1. The quantitative estimate of drug-likeness (QED) is 0.144. The van der Waals surface area contributed by atoms with Crippen LogP contribution in [-0.4, -0.2) is 51.7 Å². The molecule has 1 aliphatic heterocycles. The van der Waals surface area contributed by atoms with Crippen LogP contribution in [0.4, 0.5) is 0 Å². The maximum Gasteiger partial charge on any atom is 0.309 e. The van der Waals surface area contributed by atoms with Crippen LogP contribution in [-0.2, 0) is 14.3 Å². The summed E-state index contributed by atoms with van der Waals surface area (Å²) in [6, 6.07) is 11.8. The summed E-state index contributed by atoms with van der Waals surface area (Å²) in [6.45, 7) is 0.410. The molecule has 6 nitrogen and oxygen atoms in total. The average Bonchev–Trinajstić information content (AvgIpc) is 3.45. The van der Waals surface area contributed by atoms with Crippen LogP contribution in [0.3, 0.4) is 0 Å². The number of carbonyl (C=O) groups is 2. The number of unbranched alkanes of at least 4 members (excludes halogenated alkanes) is 1. The van der Waals surface area contributed by atoms with Gasteiger partial charge in [0.2, 0.25) is 0 Å². The van der Waals surface area contributed by atoms with Gasteiger partial charge in [-0.1, -0.05) is 42.5 Å². The van der Waals surface area contributed by atoms with Crippen molar-refractivity contribution >= 4 is 58.0 Å². The van der Waals surface area contributed by atoms with E-state index in [9.17, 15) is 9.59 Å². The Morgan fingerprint density at radius 3 is 2.80 bits per heavy atom. The summed E-state index contributed by atoms with van der Waals surface area (Å²) in [7, 11) is 0. The second-order valence-electron chi connectivity index (χ2n) is 8.60. The van der Waals surface area contributed by atoms with Gasteiger partial charge < -0.3 is 14.3 Å². The number of benzene rings is 1. The van der Waals surface area contributed by atoms with Gasteiger partial charge in [-0.05, 0) is 62.6 Å². The molecule has 4 rings (SSSR count). The summed E-state index contributed by atoms with van der Waals surface area (Å²) >= 11 is 8.52. The molecule has 1 amide bonds. The SMILES string of the molecule is CSc1ccc(-c2ccc(C=C3SC(=S)N(C4CCCC(C(=O)OCCCCO)C4)C3=O)o2)cc1. The number of thioether (sulfide) groups is 2. The Kier molecular flexibility index (Phi) is 9.10. The molecule has 2 aromatic rings. The van der Waals surface area contributed by atoms with E-state index in [0.29, 0.717) is 40.9 Å². The first kappa shape index (κ1) is 26.0. The molecule has 1 aromatic carbocycles. The smallest absolute Gasteiger partial charge is 0.309 e. The van der Waals surface area contributed by atoms with Gasteiger partial charge in [0.05, 0.1) is 17.4 Å². The number of amides is 1. The lowest BCUT2D eigenvalue weighted by Gasteiger charge is -2.33. The van der Waals surface area contributed by atoms with Gasteiger partial charge in [-0.25, -0.2) is 0 Å². The predicted octanol–water partition coefficient (Wildman–Crippen LogP) is 5.74. The number of thiocarbonyl (C=S) groups is 1. The highest BCUT2D eigenvalue weighted by Crippen LogP contribution is 2.39. The molecule has 1 aromatic heterocycles. The van der Waals surface area contributed by atoms with Crippen LogP contribution in [0.25, 0.3) is 17.4 Å². The highest BCUT2D eigenvalue weighted by molar-refractivity contribution is 8.26. The van der Waals surface area contributed by atoms with Gasteiger partial charge in [-0.15, -0.1) is 11.8 Å². The van der Waals surface area contributed by atoms with Crippen LogP contribution < -0.4 is 0 Å². The Labute approximate surface area is 219 Å². The van der Waals surface area contributed by atoms with Crippen molar-refractivity contribution in [2.75, 3.05) is 19.5 Å². The van der Waals surface area contributed by atoms with Crippen LogP contribution in [0.1, 0.15) is 44.3 Å². The molecular weight excluding hydrogens is 502 g/mol. The number of furan rings is 1. The normalized spacial score (nSPS) is 21.7. The first-order valence-electron chi connectivity index (χ1n) is 11.8. The highest BCUT2D eigenvalue weighted by Gasteiger charge is 2.40. The predicted molar refractivity (Wildman–Crippen MR) is 144 cm³/mol. The standard InChI is InChI=1S/C26H29NO5S3/c1-34-21-10-7-17(8-11-21)22-12-9-20(32-22)16-23-24(29)27(26(33)35-23)19-6-4-5-18(15-19)25(30)31-14-3-2-13-28/h7-12,16,18-19,28H,2-6,13-15H2,1H3. The van der Waals surface area contributed by atoms with E-state index in [1.807, 2.05) is 30.5 Å². The number of aliphatic hydroxyl groups excluding tert-OH is 1. The lowest BCUT2D eigenvalue weighted by atomic mass is 9.85. The van der Waals surface area contributed by atoms with E-state index < -0.39 is 0 Å². The third-order valence-corrected chi connectivity index (χ3v) is 8.31. The van der Waals surface area contributed by atoms with E-state index in [0.717, 1.165) is 30.6 Å². The molecule has 1 saturated heterocycles. The van der Waals surface area contributed by atoms with Crippen molar-refractivity contribution in [3.05, 3.63) is 47.1 Å². The molecule has 2 atom stereocenters. The molecule has 35 heavy (non-hydrogen) atoms. The van der Waals surface area contributed by atoms with E-state index in [1.54, 1.807) is 22.7 Å². The lowest BCUT2D eigenvalue weighted by Crippen LogP contribution is -2.43. The van der Waals surface area contributed by atoms with Crippen LogP contribution in [0.2, 0.25) is 0 Å². The second-order valence-corrected chi connectivity index (χ2v) is 11.2. The van der Waals surface area contributed by atoms with Crippen molar-refractivity contribution < 1.29 is 23.8 Å². The van der Waals surface area contributed by atoms with Gasteiger partial charge in [0.1, 0.15) is 15.8 Å². The fraction of sp³-hybridized carbons (Fsp3) is 0.423.